The Morgan fingerprint density at radius 2 is 1.87 bits per heavy atom. The van der Waals surface area contributed by atoms with Crippen molar-refractivity contribution in [2.75, 3.05) is 13.2 Å². The summed E-state index contributed by atoms with van der Waals surface area (Å²) in [6.07, 6.45) is -0.0822. The van der Waals surface area contributed by atoms with Crippen LogP contribution in [0.25, 0.3) is 0 Å². The number of hydrogen-bond donors (Lipinski definition) is 3. The summed E-state index contributed by atoms with van der Waals surface area (Å²) in [4.78, 5) is 12.3. The molecule has 5 nitrogen and oxygen atoms in total. The van der Waals surface area contributed by atoms with Gasteiger partial charge in [0.2, 0.25) is 0 Å². The van der Waals surface area contributed by atoms with Crippen LogP contribution < -0.4 is 0 Å². The second-order valence-corrected chi connectivity index (χ2v) is 4.53. The van der Waals surface area contributed by atoms with Gasteiger partial charge >= 0.3 is 6.09 Å². The second-order valence-electron chi connectivity index (χ2n) is 4.53. The average molecular weight is 219 g/mol. The zero-order chi connectivity index (χ0) is 12.1. The van der Waals surface area contributed by atoms with Gasteiger partial charge in [0.05, 0.1) is 12.6 Å². The molecular formula is C10H21NO4. The topological polar surface area (TPSA) is 81.0 Å². The van der Waals surface area contributed by atoms with E-state index in [2.05, 4.69) is 0 Å². The van der Waals surface area contributed by atoms with E-state index in [4.69, 9.17) is 15.3 Å². The fraction of sp³-hybridized carbons (Fsp3) is 0.900. The van der Waals surface area contributed by atoms with Crippen molar-refractivity contribution in [2.45, 2.75) is 45.2 Å². The highest BCUT2D eigenvalue weighted by molar-refractivity contribution is 5.66. The minimum absolute atomic E-state index is 0.00804. The molecule has 0 bridgehead atoms. The maximum Gasteiger partial charge on any atom is 0.408 e. The molecule has 0 fully saturated rings. The van der Waals surface area contributed by atoms with Gasteiger partial charge in [-0.05, 0) is 33.6 Å². The molecule has 1 amide bonds. The summed E-state index contributed by atoms with van der Waals surface area (Å²) in [5.74, 6) is 0. The minimum atomic E-state index is -1.04. The fourth-order valence-electron chi connectivity index (χ4n) is 1.62. The average Bonchev–Trinajstić information content (AvgIpc) is 2.08. The lowest BCUT2D eigenvalue weighted by molar-refractivity contribution is 0.0405. The van der Waals surface area contributed by atoms with Crippen LogP contribution in [0.15, 0.2) is 0 Å². The summed E-state index contributed by atoms with van der Waals surface area (Å²) < 4.78 is 0. The van der Waals surface area contributed by atoms with Crippen molar-refractivity contribution in [3.05, 3.63) is 0 Å². The summed E-state index contributed by atoms with van der Waals surface area (Å²) >= 11 is 0. The Balaban J connectivity index is 4.64. The standard InChI is InChI=1S/C10H21NO4/c1-10(2,3)11(9(14)15)8(7-13)5-4-6-12/h8,12-13H,4-7H2,1-3H3,(H,14,15)/t8-/m0/s1. The van der Waals surface area contributed by atoms with Crippen molar-refractivity contribution >= 4 is 6.09 Å². The second kappa shape index (κ2) is 5.92. The molecule has 5 heteroatoms. The number of amides is 1. The number of hydrogen-bond acceptors (Lipinski definition) is 3. The highest BCUT2D eigenvalue weighted by atomic mass is 16.4. The van der Waals surface area contributed by atoms with Gasteiger partial charge in [-0.3, -0.25) is 4.90 Å². The molecule has 0 aliphatic heterocycles. The highest BCUT2D eigenvalue weighted by Gasteiger charge is 2.32. The van der Waals surface area contributed by atoms with E-state index in [1.807, 2.05) is 0 Å². The number of nitrogens with zero attached hydrogens (tertiary/aromatic N) is 1. The quantitative estimate of drug-likeness (QED) is 0.641. The lowest BCUT2D eigenvalue weighted by atomic mass is 10.0. The summed E-state index contributed by atoms with van der Waals surface area (Å²) in [7, 11) is 0. The van der Waals surface area contributed by atoms with Crippen molar-refractivity contribution in [2.24, 2.45) is 0 Å². The Bertz CT molecular complexity index is 200. The van der Waals surface area contributed by atoms with E-state index >= 15 is 0 Å². The van der Waals surface area contributed by atoms with Crippen molar-refractivity contribution < 1.29 is 20.1 Å². The van der Waals surface area contributed by atoms with Gasteiger partial charge in [-0.25, -0.2) is 4.79 Å². The summed E-state index contributed by atoms with van der Waals surface area (Å²) in [5.41, 5.74) is -0.547. The lowest BCUT2D eigenvalue weighted by Gasteiger charge is -2.38. The van der Waals surface area contributed by atoms with Crippen LogP contribution in [-0.2, 0) is 0 Å². The van der Waals surface area contributed by atoms with Crippen LogP contribution >= 0.6 is 0 Å². The van der Waals surface area contributed by atoms with Crippen molar-refractivity contribution in [3.63, 3.8) is 0 Å². The first kappa shape index (κ1) is 14.2. The molecule has 0 aliphatic rings. The minimum Gasteiger partial charge on any atom is -0.465 e. The van der Waals surface area contributed by atoms with Crippen LogP contribution in [0.3, 0.4) is 0 Å². The Labute approximate surface area is 90.3 Å². The molecule has 0 aromatic carbocycles. The van der Waals surface area contributed by atoms with Crippen LogP contribution in [-0.4, -0.2) is 51.1 Å². The first-order chi connectivity index (χ1) is 6.84. The molecule has 15 heavy (non-hydrogen) atoms. The van der Waals surface area contributed by atoms with Crippen molar-refractivity contribution in [1.82, 2.24) is 4.90 Å². The maximum absolute atomic E-state index is 11.1. The zero-order valence-electron chi connectivity index (χ0n) is 9.60. The number of carboxylic acid groups (broad SMARTS) is 1. The van der Waals surface area contributed by atoms with Gasteiger partial charge < -0.3 is 15.3 Å². The molecule has 90 valence electrons. The van der Waals surface area contributed by atoms with Gasteiger partial charge in [0.15, 0.2) is 0 Å². The SMILES string of the molecule is CC(C)(C)N(C(=O)O)[C@H](CO)CCCO. The molecular weight excluding hydrogens is 198 g/mol. The normalized spacial score (nSPS) is 13.7. The molecule has 0 saturated heterocycles. The molecule has 0 radical (unpaired) electrons. The van der Waals surface area contributed by atoms with Crippen LogP contribution in [0.5, 0.6) is 0 Å². The van der Waals surface area contributed by atoms with Gasteiger partial charge in [0, 0.05) is 12.1 Å². The van der Waals surface area contributed by atoms with Crippen LogP contribution in [0.2, 0.25) is 0 Å². The molecule has 0 spiro atoms. The van der Waals surface area contributed by atoms with E-state index in [9.17, 15) is 4.79 Å². The first-order valence-corrected chi connectivity index (χ1v) is 5.08. The number of aliphatic hydroxyl groups excluding tert-OH is 2. The Morgan fingerprint density at radius 1 is 1.33 bits per heavy atom. The molecule has 1 atom stereocenters. The van der Waals surface area contributed by atoms with E-state index in [0.717, 1.165) is 0 Å². The van der Waals surface area contributed by atoms with Crippen LogP contribution in [0.4, 0.5) is 4.79 Å². The molecule has 0 saturated carbocycles. The van der Waals surface area contributed by atoms with Crippen LogP contribution in [0.1, 0.15) is 33.6 Å². The van der Waals surface area contributed by atoms with E-state index in [1.54, 1.807) is 20.8 Å². The molecule has 0 rings (SSSR count). The van der Waals surface area contributed by atoms with E-state index in [0.29, 0.717) is 12.8 Å². The largest absolute Gasteiger partial charge is 0.465 e. The predicted molar refractivity (Wildman–Crippen MR) is 56.8 cm³/mol. The van der Waals surface area contributed by atoms with Crippen LogP contribution in [0, 0.1) is 0 Å². The third-order valence-electron chi connectivity index (χ3n) is 2.20. The fourth-order valence-corrected chi connectivity index (χ4v) is 1.62. The number of aliphatic hydroxyl groups is 2. The monoisotopic (exact) mass is 219 g/mol. The maximum atomic E-state index is 11.1. The van der Waals surface area contributed by atoms with E-state index in [1.165, 1.54) is 4.90 Å². The van der Waals surface area contributed by atoms with Gasteiger partial charge in [0.25, 0.3) is 0 Å². The highest BCUT2D eigenvalue weighted by Crippen LogP contribution is 2.19. The lowest BCUT2D eigenvalue weighted by Crippen LogP contribution is -2.52. The molecule has 0 heterocycles. The molecule has 3 N–H and O–H groups in total. The Morgan fingerprint density at radius 3 is 2.13 bits per heavy atom. The summed E-state index contributed by atoms with van der Waals surface area (Å²) in [6, 6.07) is -0.449. The molecule has 0 aliphatic carbocycles. The summed E-state index contributed by atoms with van der Waals surface area (Å²) in [5, 5.41) is 26.9. The molecule has 0 aromatic rings. The van der Waals surface area contributed by atoms with Gasteiger partial charge in [-0.2, -0.15) is 0 Å². The molecule has 0 aromatic heterocycles. The van der Waals surface area contributed by atoms with Gasteiger partial charge in [0.1, 0.15) is 0 Å². The number of carbonyl (C=O) groups is 1. The van der Waals surface area contributed by atoms with E-state index in [-0.39, 0.29) is 13.2 Å². The summed E-state index contributed by atoms with van der Waals surface area (Å²) in [6.45, 7) is 5.13. The Kier molecular flexibility index (Phi) is 5.60. The van der Waals surface area contributed by atoms with Crippen molar-refractivity contribution in [1.29, 1.82) is 0 Å². The van der Waals surface area contributed by atoms with Gasteiger partial charge in [-0.1, -0.05) is 0 Å². The third-order valence-corrected chi connectivity index (χ3v) is 2.20. The molecule has 0 unspecified atom stereocenters. The Hall–Kier alpha value is -0.810. The van der Waals surface area contributed by atoms with Gasteiger partial charge in [-0.15, -0.1) is 0 Å². The zero-order valence-corrected chi connectivity index (χ0v) is 9.60. The van der Waals surface area contributed by atoms with Crippen molar-refractivity contribution in [3.8, 4) is 0 Å². The van der Waals surface area contributed by atoms with E-state index < -0.39 is 17.7 Å². The predicted octanol–water partition coefficient (Wildman–Crippen LogP) is 0.898. The smallest absolute Gasteiger partial charge is 0.408 e. The number of rotatable bonds is 5. The third kappa shape index (κ3) is 4.48. The first-order valence-electron chi connectivity index (χ1n) is 5.08.